The lowest BCUT2D eigenvalue weighted by Crippen LogP contribution is -2.56. The average Bonchev–Trinajstić information content (AvgIpc) is 2.88. The van der Waals surface area contributed by atoms with Crippen LogP contribution in [0.5, 0.6) is 0 Å². The van der Waals surface area contributed by atoms with Crippen molar-refractivity contribution in [2.75, 3.05) is 6.61 Å². The van der Waals surface area contributed by atoms with Crippen molar-refractivity contribution in [1.29, 1.82) is 0 Å². The molecule has 0 aromatic rings. The third-order valence-corrected chi connectivity index (χ3v) is 7.74. The normalized spacial score (nSPS) is 41.2. The number of nitrogens with one attached hydrogen (secondary N) is 1. The molecule has 2 aliphatic carbocycles. The Balaban J connectivity index is 1.87. The number of hydrogen-bond donors (Lipinski definition) is 1. The van der Waals surface area contributed by atoms with E-state index in [0.29, 0.717) is 12.5 Å². The summed E-state index contributed by atoms with van der Waals surface area (Å²) >= 11 is 0. The summed E-state index contributed by atoms with van der Waals surface area (Å²) in [7, 11) is 0. The Hall–Kier alpha value is -1.85. The third kappa shape index (κ3) is 4.15. The summed E-state index contributed by atoms with van der Waals surface area (Å²) in [5.41, 5.74) is -0.650. The predicted molar refractivity (Wildman–Crippen MR) is 113 cm³/mol. The molecule has 168 valence electrons. The lowest BCUT2D eigenvalue weighted by Gasteiger charge is -2.57. The van der Waals surface area contributed by atoms with Crippen molar-refractivity contribution < 1.29 is 23.5 Å². The van der Waals surface area contributed by atoms with Crippen LogP contribution < -0.4 is 5.32 Å². The number of fused-ring (bicyclic) bond motifs is 2. The van der Waals surface area contributed by atoms with Crippen LogP contribution in [0, 0.1) is 28.6 Å². The van der Waals surface area contributed by atoms with Crippen molar-refractivity contribution in [3.8, 4) is 0 Å². The van der Waals surface area contributed by atoms with Gasteiger partial charge in [0.25, 0.3) is 0 Å². The highest BCUT2D eigenvalue weighted by Crippen LogP contribution is 2.64. The molecule has 30 heavy (non-hydrogen) atoms. The van der Waals surface area contributed by atoms with E-state index in [1.165, 1.54) is 12.2 Å². The van der Waals surface area contributed by atoms with Gasteiger partial charge in [-0.3, -0.25) is 4.79 Å². The Morgan fingerprint density at radius 2 is 2.10 bits per heavy atom. The molecule has 6 heteroatoms. The molecule has 0 aromatic heterocycles. The average molecular weight is 422 g/mol. The van der Waals surface area contributed by atoms with Crippen LogP contribution in [0.2, 0.25) is 0 Å². The van der Waals surface area contributed by atoms with Gasteiger partial charge in [-0.25, -0.2) is 9.18 Å². The minimum absolute atomic E-state index is 0.0389. The van der Waals surface area contributed by atoms with Crippen LogP contribution in [0.4, 0.5) is 9.18 Å². The van der Waals surface area contributed by atoms with Gasteiger partial charge < -0.3 is 14.8 Å². The Morgan fingerprint density at radius 3 is 2.77 bits per heavy atom. The number of alkyl carbamates (subject to hydrolysis) is 1. The molecule has 0 spiro atoms. The minimum atomic E-state index is -0.547. The lowest BCUT2D eigenvalue weighted by atomic mass is 9.45. The zero-order valence-electron chi connectivity index (χ0n) is 18.9. The molecule has 2 saturated carbocycles. The smallest absolute Gasteiger partial charge is 0.407 e. The largest absolute Gasteiger partial charge is 0.462 e. The number of esters is 1. The third-order valence-electron chi connectivity index (χ3n) is 7.74. The van der Waals surface area contributed by atoms with Gasteiger partial charge in [0.2, 0.25) is 0 Å². The first kappa shape index (κ1) is 22.8. The van der Waals surface area contributed by atoms with Crippen LogP contribution in [0.25, 0.3) is 0 Å². The fourth-order valence-electron chi connectivity index (χ4n) is 6.82. The Morgan fingerprint density at radius 1 is 1.37 bits per heavy atom. The molecule has 1 amide bonds. The Kier molecular flexibility index (Phi) is 6.63. The zero-order chi connectivity index (χ0) is 22.1. The van der Waals surface area contributed by atoms with Crippen molar-refractivity contribution in [1.82, 2.24) is 5.32 Å². The predicted octanol–water partition coefficient (Wildman–Crippen LogP) is 5.31. The molecule has 0 bridgehead atoms. The maximum atomic E-state index is 13.7. The van der Waals surface area contributed by atoms with Gasteiger partial charge in [-0.15, -0.1) is 0 Å². The van der Waals surface area contributed by atoms with Crippen molar-refractivity contribution in [3.05, 3.63) is 24.1 Å². The van der Waals surface area contributed by atoms with E-state index in [0.717, 1.165) is 32.1 Å². The molecular weight excluding hydrogens is 385 g/mol. The topological polar surface area (TPSA) is 64.6 Å². The van der Waals surface area contributed by atoms with Gasteiger partial charge in [0, 0.05) is 12.0 Å². The minimum Gasteiger partial charge on any atom is -0.462 e. The number of allylic oxidation sites excluding steroid dienone is 4. The molecule has 2 unspecified atom stereocenters. The first-order valence-electron chi connectivity index (χ1n) is 11.3. The second kappa shape index (κ2) is 8.72. The molecule has 3 fully saturated rings. The standard InChI is InChI=1S/C24H36FNO4/c1-6-16(25)9-8-10-18-19-12-11-17(26-22(28)29-7-2)13-23(19,4)14-24(5)20(18)15(3)30-21(24)27/h6,8-9,15,17-20H,7,10-14H2,1-5H3,(H,26,28)/b9-8-,16-6+/t15-,17-,18?,19?,20+,23+,24-/m1/s1. The number of carbonyl (C=O) groups excluding carboxylic acids is 2. The van der Waals surface area contributed by atoms with Crippen LogP contribution in [0.1, 0.15) is 66.7 Å². The highest BCUT2D eigenvalue weighted by molar-refractivity contribution is 5.79. The number of amides is 1. The van der Waals surface area contributed by atoms with E-state index in [1.54, 1.807) is 13.8 Å². The summed E-state index contributed by atoms with van der Waals surface area (Å²) in [4.78, 5) is 24.8. The van der Waals surface area contributed by atoms with Gasteiger partial charge in [0.15, 0.2) is 0 Å². The molecular formula is C24H36FNO4. The van der Waals surface area contributed by atoms with E-state index >= 15 is 0 Å². The molecule has 1 N–H and O–H groups in total. The highest BCUT2D eigenvalue weighted by Gasteiger charge is 2.64. The number of ether oxygens (including phenoxy) is 2. The summed E-state index contributed by atoms with van der Waals surface area (Å²) in [6.45, 7) is 10.1. The Bertz CT molecular complexity index is 735. The highest BCUT2D eigenvalue weighted by atomic mass is 19.1. The van der Waals surface area contributed by atoms with Gasteiger partial charge in [0.1, 0.15) is 11.9 Å². The summed E-state index contributed by atoms with van der Waals surface area (Å²) in [5, 5.41) is 3.00. The van der Waals surface area contributed by atoms with Crippen LogP contribution in [-0.2, 0) is 14.3 Å². The molecule has 0 aromatic carbocycles. The number of carbonyl (C=O) groups is 2. The van der Waals surface area contributed by atoms with E-state index in [9.17, 15) is 14.0 Å². The summed E-state index contributed by atoms with van der Waals surface area (Å²) in [5.74, 6) is 0.390. The first-order valence-corrected chi connectivity index (χ1v) is 11.3. The molecule has 3 aliphatic rings. The van der Waals surface area contributed by atoms with Crippen molar-refractivity contribution in [2.45, 2.75) is 78.9 Å². The second-order valence-electron chi connectivity index (χ2n) is 9.81. The van der Waals surface area contributed by atoms with E-state index in [-0.39, 0.29) is 47.3 Å². The van der Waals surface area contributed by atoms with Crippen molar-refractivity contribution >= 4 is 12.1 Å². The molecule has 1 aliphatic heterocycles. The van der Waals surface area contributed by atoms with E-state index in [1.807, 2.05) is 19.9 Å². The summed E-state index contributed by atoms with van der Waals surface area (Å²) < 4.78 is 24.4. The molecule has 5 nitrogen and oxygen atoms in total. The quantitative estimate of drug-likeness (QED) is 0.482. The summed E-state index contributed by atoms with van der Waals surface area (Å²) in [6, 6.07) is 0.0389. The van der Waals surface area contributed by atoms with E-state index in [2.05, 4.69) is 12.2 Å². The molecule has 0 radical (unpaired) electrons. The molecule has 1 saturated heterocycles. The van der Waals surface area contributed by atoms with Gasteiger partial charge in [-0.2, -0.15) is 0 Å². The monoisotopic (exact) mass is 421 g/mol. The van der Waals surface area contributed by atoms with Gasteiger partial charge in [-0.05, 0) is 83.1 Å². The number of cyclic esters (lactones) is 1. The first-order chi connectivity index (χ1) is 14.1. The maximum absolute atomic E-state index is 13.7. The van der Waals surface area contributed by atoms with Gasteiger partial charge in [0.05, 0.1) is 12.0 Å². The molecule has 7 atom stereocenters. The molecule has 3 rings (SSSR count). The number of rotatable bonds is 5. The van der Waals surface area contributed by atoms with E-state index < -0.39 is 5.41 Å². The lowest BCUT2D eigenvalue weighted by molar-refractivity contribution is -0.153. The van der Waals surface area contributed by atoms with Crippen LogP contribution in [0.15, 0.2) is 24.1 Å². The second-order valence-corrected chi connectivity index (χ2v) is 9.81. The van der Waals surface area contributed by atoms with Gasteiger partial charge >= 0.3 is 12.1 Å². The van der Waals surface area contributed by atoms with E-state index in [4.69, 9.17) is 9.47 Å². The Labute approximate surface area is 179 Å². The maximum Gasteiger partial charge on any atom is 0.407 e. The van der Waals surface area contributed by atoms with Crippen LogP contribution in [-0.4, -0.2) is 30.8 Å². The fourth-order valence-corrected chi connectivity index (χ4v) is 6.82. The SMILES string of the molecule is C/C=C(F)\C=C/CC1C2CC[C@@H](NC(=O)OCC)C[C@@]2(C)C[C@@]2(C)C(=O)O[C@H](C)[C@@H]12. The van der Waals surface area contributed by atoms with Crippen LogP contribution in [0.3, 0.4) is 0 Å². The summed E-state index contributed by atoms with van der Waals surface area (Å²) in [6.07, 6.45) is 8.51. The number of halogens is 1. The number of hydrogen-bond acceptors (Lipinski definition) is 4. The van der Waals surface area contributed by atoms with Crippen molar-refractivity contribution in [3.63, 3.8) is 0 Å². The van der Waals surface area contributed by atoms with Crippen LogP contribution >= 0.6 is 0 Å². The fraction of sp³-hybridized carbons (Fsp3) is 0.750. The molecule has 1 heterocycles. The van der Waals surface area contributed by atoms with Crippen molar-refractivity contribution in [2.24, 2.45) is 28.6 Å². The zero-order valence-corrected chi connectivity index (χ0v) is 18.9. The van der Waals surface area contributed by atoms with Gasteiger partial charge in [-0.1, -0.05) is 19.1 Å².